The molecular weight excluding hydrogens is 255 g/mol. The van der Waals surface area contributed by atoms with Crippen molar-refractivity contribution in [2.24, 2.45) is 0 Å². The van der Waals surface area contributed by atoms with Crippen molar-refractivity contribution in [2.45, 2.75) is 24.2 Å². The van der Waals surface area contributed by atoms with Crippen molar-refractivity contribution in [3.63, 3.8) is 0 Å². The van der Waals surface area contributed by atoms with E-state index in [9.17, 15) is 39.5 Å². The van der Waals surface area contributed by atoms with E-state index in [-0.39, 0.29) is 0 Å². The highest BCUT2D eigenvalue weighted by Crippen LogP contribution is 2.51. The van der Waals surface area contributed by atoms with Gasteiger partial charge in [-0.25, -0.2) is 22.0 Å². The second-order valence-corrected chi connectivity index (χ2v) is 2.76. The Bertz CT molecular complexity index is 266. The number of alkyl halides is 7. The van der Waals surface area contributed by atoms with E-state index in [0.29, 0.717) is 0 Å². The lowest BCUT2D eigenvalue weighted by atomic mass is 9.93. The van der Waals surface area contributed by atoms with Gasteiger partial charge in [-0.3, -0.25) is 4.39 Å². The fourth-order valence-corrected chi connectivity index (χ4v) is 0.884. The van der Waals surface area contributed by atoms with Gasteiger partial charge in [0.2, 0.25) is 0 Å². The van der Waals surface area contributed by atoms with E-state index in [2.05, 4.69) is 0 Å². The zero-order valence-corrected chi connectivity index (χ0v) is 7.39. The lowest BCUT2D eigenvalue weighted by molar-refractivity contribution is -0.293. The summed E-state index contributed by atoms with van der Waals surface area (Å²) in [6.45, 7) is -2.02. The predicted molar refractivity (Wildman–Crippen MR) is 35.7 cm³/mol. The minimum absolute atomic E-state index is 1.57. The predicted octanol–water partition coefficient (Wildman–Crippen LogP) is 4.03. The Morgan fingerprint density at radius 1 is 1.00 bits per heavy atom. The van der Waals surface area contributed by atoms with Crippen LogP contribution in [0.3, 0.4) is 0 Å². The first-order valence-electron chi connectivity index (χ1n) is 3.70. The summed E-state index contributed by atoms with van der Waals surface area (Å²) in [7, 11) is 0. The van der Waals surface area contributed by atoms with Gasteiger partial charge < -0.3 is 0 Å². The van der Waals surface area contributed by atoms with Crippen LogP contribution in [0.25, 0.3) is 0 Å². The molecule has 0 heterocycles. The molecule has 96 valence electrons. The van der Waals surface area contributed by atoms with Crippen LogP contribution in [0.15, 0.2) is 12.2 Å². The third-order valence-corrected chi connectivity index (χ3v) is 1.73. The van der Waals surface area contributed by atoms with Gasteiger partial charge in [0.1, 0.15) is 6.33 Å². The van der Waals surface area contributed by atoms with E-state index < -0.39 is 43.0 Å². The van der Waals surface area contributed by atoms with Crippen molar-refractivity contribution in [1.82, 2.24) is 0 Å². The molecule has 0 N–H and O–H groups in total. The van der Waals surface area contributed by atoms with Gasteiger partial charge in [0.15, 0.2) is 5.83 Å². The second-order valence-electron chi connectivity index (χ2n) is 2.76. The summed E-state index contributed by atoms with van der Waals surface area (Å²) in [5, 5.41) is 0. The topological polar surface area (TPSA) is 0 Å². The van der Waals surface area contributed by atoms with Crippen LogP contribution in [0.2, 0.25) is 0 Å². The SMILES string of the molecule is FC=C(F)C(F)(C(F)(F)F)C(F)(F)CCF. The molecule has 16 heavy (non-hydrogen) atoms. The number of rotatable bonds is 4. The molecule has 0 aliphatic rings. The van der Waals surface area contributed by atoms with Crippen molar-refractivity contribution < 1.29 is 39.5 Å². The molecule has 0 rings (SSSR count). The fraction of sp³-hybridized carbons (Fsp3) is 0.714. The van der Waals surface area contributed by atoms with Gasteiger partial charge in [0, 0.05) is 6.42 Å². The molecule has 9 heteroatoms. The summed E-state index contributed by atoms with van der Waals surface area (Å²) < 4.78 is 109. The monoisotopic (exact) mass is 260 g/mol. The molecule has 0 nitrogen and oxygen atoms in total. The zero-order valence-electron chi connectivity index (χ0n) is 7.39. The van der Waals surface area contributed by atoms with Gasteiger partial charge >= 0.3 is 11.8 Å². The van der Waals surface area contributed by atoms with Crippen molar-refractivity contribution in [2.75, 3.05) is 6.67 Å². The Morgan fingerprint density at radius 2 is 1.44 bits per heavy atom. The first-order chi connectivity index (χ1) is 7.04. The third-order valence-electron chi connectivity index (χ3n) is 1.73. The molecule has 0 amide bonds. The number of halogens is 9. The Hall–Kier alpha value is -0.890. The molecular formula is C7H5F9. The van der Waals surface area contributed by atoms with Gasteiger partial charge in [-0.15, -0.1) is 0 Å². The van der Waals surface area contributed by atoms with E-state index in [1.54, 1.807) is 0 Å². The maximum absolute atomic E-state index is 12.9. The highest BCUT2D eigenvalue weighted by Gasteiger charge is 2.73. The molecule has 0 fully saturated rings. The maximum atomic E-state index is 12.9. The van der Waals surface area contributed by atoms with Crippen LogP contribution in [0, 0.1) is 0 Å². The van der Waals surface area contributed by atoms with Crippen LogP contribution in [-0.2, 0) is 0 Å². The minimum atomic E-state index is -6.40. The van der Waals surface area contributed by atoms with Crippen LogP contribution in [0.1, 0.15) is 6.42 Å². The van der Waals surface area contributed by atoms with Crippen LogP contribution >= 0.6 is 0 Å². The molecule has 0 saturated carbocycles. The summed E-state index contributed by atoms with van der Waals surface area (Å²) in [5.41, 5.74) is -5.86. The summed E-state index contributed by atoms with van der Waals surface area (Å²) in [6.07, 6.45) is -10.2. The smallest absolute Gasteiger partial charge is 0.251 e. The normalized spacial score (nSPS) is 18.4. The van der Waals surface area contributed by atoms with Crippen molar-refractivity contribution in [3.8, 4) is 0 Å². The van der Waals surface area contributed by atoms with Gasteiger partial charge in [-0.05, 0) is 0 Å². The molecule has 0 bridgehead atoms. The first-order valence-corrected chi connectivity index (χ1v) is 3.70. The number of allylic oxidation sites excluding steroid dienone is 1. The molecule has 0 aromatic carbocycles. The Balaban J connectivity index is 5.60. The average molecular weight is 260 g/mol. The van der Waals surface area contributed by atoms with Gasteiger partial charge in [0.25, 0.3) is 5.92 Å². The van der Waals surface area contributed by atoms with Crippen molar-refractivity contribution in [3.05, 3.63) is 12.2 Å². The third kappa shape index (κ3) is 2.27. The quantitative estimate of drug-likeness (QED) is 0.669. The average Bonchev–Trinajstić information content (AvgIpc) is 2.13. The molecule has 0 radical (unpaired) electrons. The summed E-state index contributed by atoms with van der Waals surface area (Å²) in [4.78, 5) is 0. The Morgan fingerprint density at radius 3 is 1.69 bits per heavy atom. The molecule has 1 atom stereocenters. The highest BCUT2D eigenvalue weighted by atomic mass is 19.4. The van der Waals surface area contributed by atoms with Crippen molar-refractivity contribution >= 4 is 0 Å². The molecule has 0 saturated heterocycles. The molecule has 0 aromatic rings. The maximum Gasteiger partial charge on any atom is 0.435 e. The van der Waals surface area contributed by atoms with Crippen LogP contribution < -0.4 is 0 Å². The van der Waals surface area contributed by atoms with Crippen LogP contribution in [0.5, 0.6) is 0 Å². The van der Waals surface area contributed by atoms with E-state index in [1.807, 2.05) is 0 Å². The Labute approximate surface area is 83.7 Å². The van der Waals surface area contributed by atoms with Crippen LogP contribution in [0.4, 0.5) is 39.5 Å². The summed E-state index contributed by atoms with van der Waals surface area (Å²) in [5.74, 6) is -8.79. The van der Waals surface area contributed by atoms with Gasteiger partial charge in [-0.1, -0.05) is 0 Å². The summed E-state index contributed by atoms with van der Waals surface area (Å²) >= 11 is 0. The molecule has 0 aliphatic heterocycles. The van der Waals surface area contributed by atoms with Gasteiger partial charge in [-0.2, -0.15) is 13.2 Å². The highest BCUT2D eigenvalue weighted by molar-refractivity contribution is 5.18. The van der Waals surface area contributed by atoms with Crippen molar-refractivity contribution in [1.29, 1.82) is 0 Å². The molecule has 0 aliphatic carbocycles. The van der Waals surface area contributed by atoms with E-state index >= 15 is 0 Å². The first kappa shape index (κ1) is 15.1. The number of hydrogen-bond donors (Lipinski definition) is 0. The Kier molecular flexibility index (Phi) is 4.29. The lowest BCUT2D eigenvalue weighted by Crippen LogP contribution is -2.56. The van der Waals surface area contributed by atoms with Crippen LogP contribution in [-0.4, -0.2) is 24.4 Å². The largest absolute Gasteiger partial charge is 0.435 e. The van der Waals surface area contributed by atoms with E-state index in [4.69, 9.17) is 0 Å². The zero-order chi connectivity index (χ0) is 13.2. The van der Waals surface area contributed by atoms with Gasteiger partial charge in [0.05, 0.1) is 6.67 Å². The fourth-order valence-electron chi connectivity index (χ4n) is 0.884. The van der Waals surface area contributed by atoms with E-state index in [1.165, 1.54) is 0 Å². The lowest BCUT2D eigenvalue weighted by Gasteiger charge is -2.32. The summed E-state index contributed by atoms with van der Waals surface area (Å²) in [6, 6.07) is 0. The minimum Gasteiger partial charge on any atom is -0.251 e. The second kappa shape index (κ2) is 4.54. The molecule has 1 unspecified atom stereocenters. The number of hydrogen-bond acceptors (Lipinski definition) is 0. The molecule has 0 aromatic heterocycles. The molecule has 0 spiro atoms. The standard InChI is InChI=1S/C7H5F9/c8-2-1-5(11,12)6(13,4(10)3-9)7(14,15)16/h3H,1-2H2. The van der Waals surface area contributed by atoms with E-state index in [0.717, 1.165) is 0 Å².